The van der Waals surface area contributed by atoms with Crippen molar-refractivity contribution in [3.05, 3.63) is 17.4 Å². The normalized spacial score (nSPS) is 10.2. The molecule has 0 aliphatic rings. The molecule has 1 aromatic rings. The minimum Gasteiger partial charge on any atom is -0.465 e. The molecule has 0 aliphatic carbocycles. The van der Waals surface area contributed by atoms with Crippen LogP contribution in [-0.4, -0.2) is 26.2 Å². The van der Waals surface area contributed by atoms with Crippen LogP contribution in [0.1, 0.15) is 24.2 Å². The van der Waals surface area contributed by atoms with Crippen molar-refractivity contribution in [3.63, 3.8) is 0 Å². The monoisotopic (exact) mass is 255 g/mol. The number of hydrogen-bond acceptors (Lipinski definition) is 5. The Morgan fingerprint density at radius 2 is 1.89 bits per heavy atom. The zero-order valence-corrected chi connectivity index (χ0v) is 10.8. The summed E-state index contributed by atoms with van der Waals surface area (Å²) in [5.41, 5.74) is 11.3. The Bertz CT molecular complexity index is 459. The Hall–Kier alpha value is -1.98. The number of methoxy groups -OCH3 is 1. The summed E-state index contributed by atoms with van der Waals surface area (Å²) in [6.07, 6.45) is 0. The number of ether oxygens (including phenoxy) is 1. The van der Waals surface area contributed by atoms with E-state index in [0.29, 0.717) is 18.8 Å². The fraction of sp³-hybridized carbons (Fsp3) is 0.417. The third-order valence-electron chi connectivity index (χ3n) is 2.83. The highest BCUT2D eigenvalue weighted by Crippen LogP contribution is 2.33. The summed E-state index contributed by atoms with van der Waals surface area (Å²) in [6.45, 7) is 5.11. The van der Waals surface area contributed by atoms with E-state index in [1.54, 1.807) is 0 Å². The number of anilines is 3. The molecule has 0 bridgehead atoms. The molecule has 6 heteroatoms. The fourth-order valence-electron chi connectivity index (χ4n) is 1.77. The average Bonchev–Trinajstić information content (AvgIpc) is 2.39. The van der Waals surface area contributed by atoms with E-state index in [9.17, 15) is 9.18 Å². The lowest BCUT2D eigenvalue weighted by Gasteiger charge is -2.24. The molecule has 0 fully saturated rings. The Morgan fingerprint density at radius 3 is 2.33 bits per heavy atom. The van der Waals surface area contributed by atoms with Crippen molar-refractivity contribution in [1.29, 1.82) is 0 Å². The molecular formula is C12H18FN3O2. The van der Waals surface area contributed by atoms with Gasteiger partial charge in [-0.3, -0.25) is 0 Å². The van der Waals surface area contributed by atoms with Gasteiger partial charge in [0.2, 0.25) is 0 Å². The van der Waals surface area contributed by atoms with Crippen molar-refractivity contribution < 1.29 is 13.9 Å². The highest BCUT2D eigenvalue weighted by molar-refractivity contribution is 5.98. The lowest BCUT2D eigenvalue weighted by atomic mass is 10.1. The maximum atomic E-state index is 13.9. The van der Waals surface area contributed by atoms with Crippen LogP contribution in [0.4, 0.5) is 21.5 Å². The van der Waals surface area contributed by atoms with Gasteiger partial charge in [-0.1, -0.05) is 0 Å². The first-order valence-corrected chi connectivity index (χ1v) is 5.68. The van der Waals surface area contributed by atoms with E-state index in [-0.39, 0.29) is 16.9 Å². The largest absolute Gasteiger partial charge is 0.465 e. The summed E-state index contributed by atoms with van der Waals surface area (Å²) in [4.78, 5) is 13.4. The third-order valence-corrected chi connectivity index (χ3v) is 2.83. The average molecular weight is 255 g/mol. The van der Waals surface area contributed by atoms with Crippen molar-refractivity contribution in [2.24, 2.45) is 0 Å². The molecule has 18 heavy (non-hydrogen) atoms. The van der Waals surface area contributed by atoms with Gasteiger partial charge in [0.05, 0.1) is 29.7 Å². The predicted octanol–water partition coefficient (Wildman–Crippen LogP) is 1.62. The van der Waals surface area contributed by atoms with Crippen LogP contribution in [0.3, 0.4) is 0 Å². The Balaban J connectivity index is 3.44. The first-order chi connectivity index (χ1) is 8.47. The van der Waals surface area contributed by atoms with Crippen molar-refractivity contribution in [3.8, 4) is 0 Å². The van der Waals surface area contributed by atoms with Gasteiger partial charge < -0.3 is 21.1 Å². The van der Waals surface area contributed by atoms with Crippen molar-refractivity contribution in [2.45, 2.75) is 13.8 Å². The molecule has 0 aromatic heterocycles. The number of rotatable bonds is 4. The van der Waals surface area contributed by atoms with Crippen LogP contribution in [0.5, 0.6) is 0 Å². The van der Waals surface area contributed by atoms with Crippen LogP contribution >= 0.6 is 0 Å². The summed E-state index contributed by atoms with van der Waals surface area (Å²) in [5, 5.41) is 0. The van der Waals surface area contributed by atoms with Crippen molar-refractivity contribution in [2.75, 3.05) is 36.6 Å². The van der Waals surface area contributed by atoms with E-state index >= 15 is 0 Å². The number of nitrogens with zero attached hydrogens (tertiary/aromatic N) is 1. The standard InChI is InChI=1S/C12H18FN3O2/c1-4-16(5-2)8-6-7(12(17)18-3)10(14)9(13)11(8)15/h6H,4-5,14-15H2,1-3H3. The summed E-state index contributed by atoms with van der Waals surface area (Å²) >= 11 is 0. The Kier molecular flexibility index (Phi) is 4.36. The highest BCUT2D eigenvalue weighted by Gasteiger charge is 2.21. The van der Waals surface area contributed by atoms with Crippen LogP contribution in [0.15, 0.2) is 6.07 Å². The van der Waals surface area contributed by atoms with Gasteiger partial charge >= 0.3 is 5.97 Å². The first-order valence-electron chi connectivity index (χ1n) is 5.68. The van der Waals surface area contributed by atoms with E-state index in [1.807, 2.05) is 18.7 Å². The Morgan fingerprint density at radius 1 is 1.33 bits per heavy atom. The maximum absolute atomic E-state index is 13.9. The molecule has 1 rings (SSSR count). The second-order valence-corrected chi connectivity index (χ2v) is 3.75. The summed E-state index contributed by atoms with van der Waals surface area (Å²) in [6, 6.07) is 1.46. The number of hydrogen-bond donors (Lipinski definition) is 2. The molecule has 0 atom stereocenters. The molecule has 0 amide bonds. The van der Waals surface area contributed by atoms with Gasteiger partial charge in [-0.15, -0.1) is 0 Å². The number of benzene rings is 1. The van der Waals surface area contributed by atoms with E-state index in [1.165, 1.54) is 13.2 Å². The fourth-order valence-corrected chi connectivity index (χ4v) is 1.77. The van der Waals surface area contributed by atoms with E-state index in [4.69, 9.17) is 11.5 Å². The van der Waals surface area contributed by atoms with E-state index in [2.05, 4.69) is 4.74 Å². The first kappa shape index (κ1) is 14.1. The molecule has 100 valence electrons. The molecular weight excluding hydrogens is 237 g/mol. The van der Waals surface area contributed by atoms with Gasteiger partial charge in [0.25, 0.3) is 0 Å². The minimum atomic E-state index is -0.778. The van der Waals surface area contributed by atoms with Crippen LogP contribution in [0.2, 0.25) is 0 Å². The van der Waals surface area contributed by atoms with E-state index < -0.39 is 11.8 Å². The van der Waals surface area contributed by atoms with Crippen molar-refractivity contribution >= 4 is 23.0 Å². The molecule has 0 saturated heterocycles. The number of esters is 1. The summed E-state index contributed by atoms with van der Waals surface area (Å²) < 4.78 is 18.5. The molecule has 0 saturated carbocycles. The van der Waals surface area contributed by atoms with E-state index in [0.717, 1.165) is 0 Å². The van der Waals surface area contributed by atoms with Gasteiger partial charge in [0.15, 0.2) is 5.82 Å². The highest BCUT2D eigenvalue weighted by atomic mass is 19.1. The van der Waals surface area contributed by atoms with Gasteiger partial charge in [-0.25, -0.2) is 9.18 Å². The van der Waals surface area contributed by atoms with Gasteiger partial charge in [-0.2, -0.15) is 0 Å². The van der Waals surface area contributed by atoms with Gasteiger partial charge in [-0.05, 0) is 19.9 Å². The number of nitrogens with two attached hydrogens (primary N) is 2. The molecule has 5 nitrogen and oxygen atoms in total. The zero-order chi connectivity index (χ0) is 13.9. The molecule has 0 aliphatic heterocycles. The molecule has 0 radical (unpaired) electrons. The van der Waals surface area contributed by atoms with Crippen LogP contribution in [-0.2, 0) is 4.74 Å². The number of nitrogen functional groups attached to an aromatic ring is 2. The van der Waals surface area contributed by atoms with Crippen molar-refractivity contribution in [1.82, 2.24) is 0 Å². The van der Waals surface area contributed by atoms with Crippen LogP contribution in [0, 0.1) is 5.82 Å². The number of carbonyl (C=O) groups excluding carboxylic acids is 1. The summed E-state index contributed by atoms with van der Waals surface area (Å²) in [7, 11) is 1.22. The predicted molar refractivity (Wildman–Crippen MR) is 70.1 cm³/mol. The molecule has 0 unspecified atom stereocenters. The second-order valence-electron chi connectivity index (χ2n) is 3.75. The molecule has 0 heterocycles. The second kappa shape index (κ2) is 5.57. The third kappa shape index (κ3) is 2.32. The molecule has 4 N–H and O–H groups in total. The molecule has 1 aromatic carbocycles. The Labute approximate surface area is 106 Å². The quantitative estimate of drug-likeness (QED) is 0.631. The minimum absolute atomic E-state index is 0.00824. The van der Waals surface area contributed by atoms with Crippen LogP contribution < -0.4 is 16.4 Å². The molecule has 0 spiro atoms. The number of halogens is 1. The summed E-state index contributed by atoms with van der Waals surface area (Å²) in [5.74, 6) is -1.46. The zero-order valence-electron chi connectivity index (χ0n) is 10.8. The number of carbonyl (C=O) groups is 1. The SMILES string of the molecule is CCN(CC)c1cc(C(=O)OC)c(N)c(F)c1N. The van der Waals surface area contributed by atoms with Crippen LogP contribution in [0.25, 0.3) is 0 Å². The maximum Gasteiger partial charge on any atom is 0.340 e. The van der Waals surface area contributed by atoms with Gasteiger partial charge in [0.1, 0.15) is 0 Å². The lowest BCUT2D eigenvalue weighted by Crippen LogP contribution is -2.24. The lowest BCUT2D eigenvalue weighted by molar-refractivity contribution is 0.0601. The topological polar surface area (TPSA) is 81.6 Å². The van der Waals surface area contributed by atoms with Gasteiger partial charge in [0, 0.05) is 13.1 Å². The smallest absolute Gasteiger partial charge is 0.340 e.